The molecule has 3 heteroatoms. The normalized spacial score (nSPS) is 14.9. The van der Waals surface area contributed by atoms with Gasteiger partial charge in [0.25, 0.3) is 0 Å². The minimum absolute atomic E-state index is 0.223. The summed E-state index contributed by atoms with van der Waals surface area (Å²) in [5, 5.41) is 0. The molecule has 1 aliphatic heterocycles. The van der Waals surface area contributed by atoms with Crippen molar-refractivity contribution in [2.24, 2.45) is 0 Å². The third-order valence-electron chi connectivity index (χ3n) is 3.43. The highest BCUT2D eigenvalue weighted by Gasteiger charge is 2.20. The maximum absolute atomic E-state index is 5.78. The van der Waals surface area contributed by atoms with Gasteiger partial charge in [0.1, 0.15) is 13.2 Å². The van der Waals surface area contributed by atoms with E-state index in [2.05, 4.69) is 53.2 Å². The first-order chi connectivity index (χ1) is 9.74. The van der Waals surface area contributed by atoms with Crippen molar-refractivity contribution in [1.82, 2.24) is 0 Å². The molecule has 0 fully saturated rings. The van der Waals surface area contributed by atoms with E-state index in [0.717, 1.165) is 23.5 Å². The standard InChI is InChI=1S/C17H17BrO2/c1-12-4-2-5-13(10-12)11-15(18)14-6-3-7-16-17(14)20-9-8-19-16/h2-7,10,15H,8-9,11H2,1H3. The summed E-state index contributed by atoms with van der Waals surface area (Å²) in [6.07, 6.45) is 0.932. The number of rotatable bonds is 3. The van der Waals surface area contributed by atoms with Gasteiger partial charge in [-0.2, -0.15) is 0 Å². The molecular weight excluding hydrogens is 316 g/mol. The molecule has 1 atom stereocenters. The Hall–Kier alpha value is -1.48. The van der Waals surface area contributed by atoms with E-state index in [0.29, 0.717) is 13.2 Å². The van der Waals surface area contributed by atoms with Crippen molar-refractivity contribution >= 4 is 15.9 Å². The fraction of sp³-hybridized carbons (Fsp3) is 0.294. The van der Waals surface area contributed by atoms with E-state index in [4.69, 9.17) is 9.47 Å². The lowest BCUT2D eigenvalue weighted by Gasteiger charge is -2.23. The molecule has 1 heterocycles. The minimum atomic E-state index is 0.223. The molecule has 0 saturated carbocycles. The van der Waals surface area contributed by atoms with Crippen LogP contribution in [0, 0.1) is 6.92 Å². The maximum Gasteiger partial charge on any atom is 0.165 e. The third kappa shape index (κ3) is 2.83. The van der Waals surface area contributed by atoms with Crippen LogP contribution < -0.4 is 9.47 Å². The highest BCUT2D eigenvalue weighted by Crippen LogP contribution is 2.41. The zero-order valence-electron chi connectivity index (χ0n) is 11.4. The Balaban J connectivity index is 1.85. The zero-order chi connectivity index (χ0) is 13.9. The van der Waals surface area contributed by atoms with Gasteiger partial charge in [-0.25, -0.2) is 0 Å². The molecule has 3 rings (SSSR count). The van der Waals surface area contributed by atoms with Crippen LogP contribution >= 0.6 is 15.9 Å². The average Bonchev–Trinajstić information content (AvgIpc) is 2.46. The molecule has 1 aliphatic rings. The topological polar surface area (TPSA) is 18.5 Å². The number of aryl methyl sites for hydroxylation is 1. The van der Waals surface area contributed by atoms with E-state index >= 15 is 0 Å². The van der Waals surface area contributed by atoms with Crippen LogP contribution in [0.3, 0.4) is 0 Å². The third-order valence-corrected chi connectivity index (χ3v) is 4.25. The molecule has 2 aromatic carbocycles. The van der Waals surface area contributed by atoms with Crippen molar-refractivity contribution < 1.29 is 9.47 Å². The van der Waals surface area contributed by atoms with Crippen molar-refractivity contribution in [3.63, 3.8) is 0 Å². The van der Waals surface area contributed by atoms with E-state index in [9.17, 15) is 0 Å². The molecule has 0 N–H and O–H groups in total. The summed E-state index contributed by atoms with van der Waals surface area (Å²) in [7, 11) is 0. The number of ether oxygens (including phenoxy) is 2. The van der Waals surface area contributed by atoms with Gasteiger partial charge in [-0.1, -0.05) is 57.9 Å². The van der Waals surface area contributed by atoms with E-state index in [1.165, 1.54) is 11.1 Å². The van der Waals surface area contributed by atoms with Gasteiger partial charge >= 0.3 is 0 Å². The Kier molecular flexibility index (Phi) is 3.97. The SMILES string of the molecule is Cc1cccc(CC(Br)c2cccc3c2OCCO3)c1. The molecule has 2 aromatic rings. The van der Waals surface area contributed by atoms with Gasteiger partial charge in [-0.3, -0.25) is 0 Å². The second-order valence-electron chi connectivity index (χ2n) is 5.03. The van der Waals surface area contributed by atoms with Gasteiger partial charge in [-0.15, -0.1) is 0 Å². The van der Waals surface area contributed by atoms with E-state index in [-0.39, 0.29) is 4.83 Å². The number of fused-ring (bicyclic) bond motifs is 1. The molecule has 0 aromatic heterocycles. The highest BCUT2D eigenvalue weighted by molar-refractivity contribution is 9.09. The Labute approximate surface area is 127 Å². The molecule has 2 nitrogen and oxygen atoms in total. The molecule has 0 spiro atoms. The maximum atomic E-state index is 5.78. The second kappa shape index (κ2) is 5.88. The van der Waals surface area contributed by atoms with Gasteiger partial charge in [0.15, 0.2) is 11.5 Å². The number of para-hydroxylation sites is 1. The minimum Gasteiger partial charge on any atom is -0.486 e. The molecular formula is C17H17BrO2. The van der Waals surface area contributed by atoms with Crippen LogP contribution in [0.4, 0.5) is 0 Å². The molecule has 1 unspecified atom stereocenters. The predicted octanol–water partition coefficient (Wildman–Crippen LogP) is 4.44. The monoisotopic (exact) mass is 332 g/mol. The molecule has 104 valence electrons. The summed E-state index contributed by atoms with van der Waals surface area (Å²) < 4.78 is 11.4. The number of benzene rings is 2. The van der Waals surface area contributed by atoms with Gasteiger partial charge in [0, 0.05) is 10.4 Å². The summed E-state index contributed by atoms with van der Waals surface area (Å²) in [5.74, 6) is 1.73. The van der Waals surface area contributed by atoms with Crippen LogP contribution in [-0.4, -0.2) is 13.2 Å². The van der Waals surface area contributed by atoms with Crippen LogP contribution in [0.2, 0.25) is 0 Å². The molecule has 20 heavy (non-hydrogen) atoms. The second-order valence-corrected chi connectivity index (χ2v) is 6.14. The van der Waals surface area contributed by atoms with Crippen LogP contribution in [0.15, 0.2) is 42.5 Å². The Morgan fingerprint density at radius 2 is 1.90 bits per heavy atom. The molecule has 0 aliphatic carbocycles. The van der Waals surface area contributed by atoms with Crippen LogP contribution in [0.5, 0.6) is 11.5 Å². The quantitative estimate of drug-likeness (QED) is 0.773. The fourth-order valence-electron chi connectivity index (χ4n) is 2.50. The molecule has 0 bridgehead atoms. The van der Waals surface area contributed by atoms with Gasteiger partial charge in [-0.05, 0) is 25.0 Å². The smallest absolute Gasteiger partial charge is 0.165 e. The van der Waals surface area contributed by atoms with E-state index in [1.54, 1.807) is 0 Å². The van der Waals surface area contributed by atoms with Crippen molar-refractivity contribution in [2.75, 3.05) is 13.2 Å². The molecule has 0 saturated heterocycles. The van der Waals surface area contributed by atoms with Gasteiger partial charge < -0.3 is 9.47 Å². The Bertz CT molecular complexity index is 610. The summed E-state index contributed by atoms with van der Waals surface area (Å²) in [6.45, 7) is 3.36. The first-order valence-corrected chi connectivity index (χ1v) is 7.74. The first-order valence-electron chi connectivity index (χ1n) is 6.82. The fourth-order valence-corrected chi connectivity index (χ4v) is 3.23. The van der Waals surface area contributed by atoms with E-state index < -0.39 is 0 Å². The lowest BCUT2D eigenvalue weighted by molar-refractivity contribution is 0.170. The summed E-state index contributed by atoms with van der Waals surface area (Å²) in [4.78, 5) is 0.223. The van der Waals surface area contributed by atoms with Crippen LogP contribution in [-0.2, 0) is 6.42 Å². The highest BCUT2D eigenvalue weighted by atomic mass is 79.9. The van der Waals surface area contributed by atoms with Crippen LogP contribution in [0.1, 0.15) is 21.5 Å². The zero-order valence-corrected chi connectivity index (χ0v) is 13.0. The largest absolute Gasteiger partial charge is 0.486 e. The predicted molar refractivity (Wildman–Crippen MR) is 84.0 cm³/mol. The molecule has 0 radical (unpaired) electrons. The number of hydrogen-bond acceptors (Lipinski definition) is 2. The number of halogens is 1. The Morgan fingerprint density at radius 1 is 1.10 bits per heavy atom. The summed E-state index contributed by atoms with van der Waals surface area (Å²) in [6, 6.07) is 14.7. The lowest BCUT2D eigenvalue weighted by atomic mass is 10.0. The first kappa shape index (κ1) is 13.5. The number of hydrogen-bond donors (Lipinski definition) is 0. The van der Waals surface area contributed by atoms with Crippen molar-refractivity contribution in [2.45, 2.75) is 18.2 Å². The van der Waals surface area contributed by atoms with E-state index in [1.807, 2.05) is 12.1 Å². The lowest BCUT2D eigenvalue weighted by Crippen LogP contribution is -2.17. The van der Waals surface area contributed by atoms with Gasteiger partial charge in [0.05, 0.1) is 0 Å². The van der Waals surface area contributed by atoms with Crippen molar-refractivity contribution in [3.05, 3.63) is 59.2 Å². The van der Waals surface area contributed by atoms with Crippen molar-refractivity contribution in [3.8, 4) is 11.5 Å². The average molecular weight is 333 g/mol. The van der Waals surface area contributed by atoms with Crippen molar-refractivity contribution in [1.29, 1.82) is 0 Å². The van der Waals surface area contributed by atoms with Crippen LogP contribution in [0.25, 0.3) is 0 Å². The molecule has 0 amide bonds. The summed E-state index contributed by atoms with van der Waals surface area (Å²) >= 11 is 3.79. The van der Waals surface area contributed by atoms with Gasteiger partial charge in [0.2, 0.25) is 0 Å². The number of alkyl halides is 1. The summed E-state index contributed by atoms with van der Waals surface area (Å²) in [5.41, 5.74) is 3.77. The Morgan fingerprint density at radius 3 is 2.75 bits per heavy atom.